The molecule has 1 saturated heterocycles. The van der Waals surface area contributed by atoms with E-state index in [-0.39, 0.29) is 5.92 Å². The van der Waals surface area contributed by atoms with Gasteiger partial charge in [-0.25, -0.2) is 0 Å². The molecule has 1 aliphatic heterocycles. The van der Waals surface area contributed by atoms with Crippen molar-refractivity contribution < 1.29 is 14.6 Å². The van der Waals surface area contributed by atoms with Crippen molar-refractivity contribution in [3.63, 3.8) is 0 Å². The maximum absolute atomic E-state index is 10.2. The van der Waals surface area contributed by atoms with E-state index in [0.717, 1.165) is 29.9 Å². The summed E-state index contributed by atoms with van der Waals surface area (Å²) in [4.78, 5) is 0. The van der Waals surface area contributed by atoms with Crippen molar-refractivity contribution in [2.45, 2.75) is 19.4 Å². The zero-order valence-corrected chi connectivity index (χ0v) is 9.77. The molecular formula is C13H18O3. The van der Waals surface area contributed by atoms with E-state index >= 15 is 0 Å². The van der Waals surface area contributed by atoms with Crippen LogP contribution in [0, 0.1) is 12.8 Å². The number of aryl methyl sites for hydroxylation is 1. The molecule has 1 aromatic carbocycles. The highest BCUT2D eigenvalue weighted by Gasteiger charge is 2.25. The number of aliphatic hydroxyl groups excluding tert-OH is 1. The first kappa shape index (κ1) is 11.4. The Hall–Kier alpha value is -1.06. The number of benzene rings is 1. The summed E-state index contributed by atoms with van der Waals surface area (Å²) >= 11 is 0. The van der Waals surface area contributed by atoms with Crippen LogP contribution in [0.15, 0.2) is 18.2 Å². The van der Waals surface area contributed by atoms with Gasteiger partial charge < -0.3 is 14.6 Å². The van der Waals surface area contributed by atoms with Gasteiger partial charge in [-0.05, 0) is 36.6 Å². The van der Waals surface area contributed by atoms with Gasteiger partial charge in [0, 0.05) is 12.5 Å². The van der Waals surface area contributed by atoms with E-state index in [2.05, 4.69) is 0 Å². The lowest BCUT2D eigenvalue weighted by Crippen LogP contribution is -2.12. The van der Waals surface area contributed by atoms with Gasteiger partial charge in [0.15, 0.2) is 0 Å². The van der Waals surface area contributed by atoms with Crippen LogP contribution >= 0.6 is 0 Å². The second-order valence-electron chi connectivity index (χ2n) is 4.30. The Kier molecular flexibility index (Phi) is 3.46. The first-order chi connectivity index (χ1) is 7.72. The maximum Gasteiger partial charge on any atom is 0.121 e. The van der Waals surface area contributed by atoms with Crippen molar-refractivity contribution in [1.29, 1.82) is 0 Å². The van der Waals surface area contributed by atoms with Crippen molar-refractivity contribution >= 4 is 0 Å². The molecular weight excluding hydrogens is 204 g/mol. The average Bonchev–Trinajstić information content (AvgIpc) is 2.81. The largest absolute Gasteiger partial charge is 0.496 e. The summed E-state index contributed by atoms with van der Waals surface area (Å²) in [6.45, 7) is 3.41. The van der Waals surface area contributed by atoms with E-state index in [9.17, 15) is 5.11 Å². The van der Waals surface area contributed by atoms with E-state index in [1.807, 2.05) is 25.1 Å². The molecule has 0 amide bonds. The van der Waals surface area contributed by atoms with Crippen LogP contribution in [0.5, 0.6) is 5.75 Å². The lowest BCUT2D eigenvalue weighted by molar-refractivity contribution is 0.0917. The highest BCUT2D eigenvalue weighted by atomic mass is 16.5. The molecule has 3 heteroatoms. The minimum atomic E-state index is -0.424. The summed E-state index contributed by atoms with van der Waals surface area (Å²) in [5.41, 5.74) is 2.01. The minimum Gasteiger partial charge on any atom is -0.496 e. The Bertz CT molecular complexity index is 356. The van der Waals surface area contributed by atoms with E-state index in [1.54, 1.807) is 7.11 Å². The fraction of sp³-hybridized carbons (Fsp3) is 0.538. The SMILES string of the molecule is COc1ccc(C(O)C2CCOC2)cc1C. The van der Waals surface area contributed by atoms with Crippen molar-refractivity contribution in [2.24, 2.45) is 5.92 Å². The predicted octanol–water partition coefficient (Wildman–Crippen LogP) is 2.07. The maximum atomic E-state index is 10.2. The second kappa shape index (κ2) is 4.85. The first-order valence-corrected chi connectivity index (χ1v) is 5.62. The van der Waals surface area contributed by atoms with Gasteiger partial charge in [0.2, 0.25) is 0 Å². The second-order valence-corrected chi connectivity index (χ2v) is 4.30. The Labute approximate surface area is 96.0 Å². The molecule has 2 rings (SSSR count). The molecule has 0 aromatic heterocycles. The van der Waals surface area contributed by atoms with Gasteiger partial charge in [0.1, 0.15) is 5.75 Å². The van der Waals surface area contributed by atoms with E-state index < -0.39 is 6.10 Å². The predicted molar refractivity (Wildman–Crippen MR) is 61.6 cm³/mol. The molecule has 1 fully saturated rings. The van der Waals surface area contributed by atoms with Crippen molar-refractivity contribution in [1.82, 2.24) is 0 Å². The molecule has 1 aromatic rings. The normalized spacial score (nSPS) is 22.1. The number of hydrogen-bond acceptors (Lipinski definition) is 3. The van der Waals surface area contributed by atoms with E-state index in [0.29, 0.717) is 6.61 Å². The van der Waals surface area contributed by atoms with Crippen LogP contribution in [-0.4, -0.2) is 25.4 Å². The Balaban J connectivity index is 2.16. The van der Waals surface area contributed by atoms with Gasteiger partial charge in [0.05, 0.1) is 19.8 Å². The molecule has 16 heavy (non-hydrogen) atoms. The highest BCUT2D eigenvalue weighted by molar-refractivity contribution is 5.37. The van der Waals surface area contributed by atoms with Crippen LogP contribution in [0.25, 0.3) is 0 Å². The smallest absolute Gasteiger partial charge is 0.121 e. The lowest BCUT2D eigenvalue weighted by atomic mass is 9.94. The summed E-state index contributed by atoms with van der Waals surface area (Å²) in [5.74, 6) is 1.09. The Morgan fingerprint density at radius 1 is 1.50 bits per heavy atom. The third kappa shape index (κ3) is 2.20. The van der Waals surface area contributed by atoms with Gasteiger partial charge in [0.25, 0.3) is 0 Å². The van der Waals surface area contributed by atoms with Crippen LogP contribution in [0.3, 0.4) is 0 Å². The first-order valence-electron chi connectivity index (χ1n) is 5.62. The summed E-state index contributed by atoms with van der Waals surface area (Å²) < 4.78 is 10.5. The van der Waals surface area contributed by atoms with Crippen molar-refractivity contribution in [3.05, 3.63) is 29.3 Å². The fourth-order valence-electron chi connectivity index (χ4n) is 2.16. The standard InChI is InChI=1S/C13H18O3/c1-9-7-10(3-4-12(9)15-2)13(14)11-5-6-16-8-11/h3-4,7,11,13-14H,5-6,8H2,1-2H3. The number of methoxy groups -OCH3 is 1. The molecule has 2 unspecified atom stereocenters. The topological polar surface area (TPSA) is 38.7 Å². The highest BCUT2D eigenvalue weighted by Crippen LogP contribution is 2.30. The fourth-order valence-corrected chi connectivity index (χ4v) is 2.16. The monoisotopic (exact) mass is 222 g/mol. The van der Waals surface area contributed by atoms with Crippen molar-refractivity contribution in [3.8, 4) is 5.75 Å². The third-order valence-electron chi connectivity index (χ3n) is 3.17. The molecule has 1 N–H and O–H groups in total. The van der Waals surface area contributed by atoms with E-state index in [1.165, 1.54) is 0 Å². The third-order valence-corrected chi connectivity index (χ3v) is 3.17. The number of rotatable bonds is 3. The molecule has 3 nitrogen and oxygen atoms in total. The lowest BCUT2D eigenvalue weighted by Gasteiger charge is -2.18. The quantitative estimate of drug-likeness (QED) is 0.851. The Morgan fingerprint density at radius 3 is 2.88 bits per heavy atom. The average molecular weight is 222 g/mol. The molecule has 0 bridgehead atoms. The molecule has 88 valence electrons. The number of ether oxygens (including phenoxy) is 2. The van der Waals surface area contributed by atoms with Gasteiger partial charge in [-0.2, -0.15) is 0 Å². The molecule has 2 atom stereocenters. The molecule has 0 saturated carbocycles. The van der Waals surface area contributed by atoms with Crippen LogP contribution in [0.2, 0.25) is 0 Å². The molecule has 0 spiro atoms. The Morgan fingerprint density at radius 2 is 2.31 bits per heavy atom. The molecule has 0 aliphatic carbocycles. The summed E-state index contributed by atoms with van der Waals surface area (Å²) in [6, 6.07) is 5.82. The van der Waals surface area contributed by atoms with Crippen LogP contribution in [0.4, 0.5) is 0 Å². The van der Waals surface area contributed by atoms with Gasteiger partial charge in [-0.15, -0.1) is 0 Å². The summed E-state index contributed by atoms with van der Waals surface area (Å²) in [7, 11) is 1.66. The van der Waals surface area contributed by atoms with Gasteiger partial charge in [-0.3, -0.25) is 0 Å². The minimum absolute atomic E-state index is 0.229. The van der Waals surface area contributed by atoms with Crippen LogP contribution < -0.4 is 4.74 Å². The summed E-state index contributed by atoms with van der Waals surface area (Å²) in [5, 5.41) is 10.2. The van der Waals surface area contributed by atoms with Crippen LogP contribution in [-0.2, 0) is 4.74 Å². The van der Waals surface area contributed by atoms with Gasteiger partial charge in [-0.1, -0.05) is 6.07 Å². The van der Waals surface area contributed by atoms with Crippen molar-refractivity contribution in [2.75, 3.05) is 20.3 Å². The van der Waals surface area contributed by atoms with E-state index in [4.69, 9.17) is 9.47 Å². The molecule has 0 radical (unpaired) electrons. The van der Waals surface area contributed by atoms with Gasteiger partial charge >= 0.3 is 0 Å². The number of hydrogen-bond donors (Lipinski definition) is 1. The molecule has 1 aliphatic rings. The zero-order valence-electron chi connectivity index (χ0n) is 9.77. The van der Waals surface area contributed by atoms with Crippen LogP contribution in [0.1, 0.15) is 23.7 Å². The summed E-state index contributed by atoms with van der Waals surface area (Å²) in [6.07, 6.45) is 0.513. The molecule has 1 heterocycles. The zero-order chi connectivity index (χ0) is 11.5. The number of aliphatic hydroxyl groups is 1.